The van der Waals surface area contributed by atoms with Crippen LogP contribution in [-0.2, 0) is 6.54 Å². The van der Waals surface area contributed by atoms with Gasteiger partial charge in [0.25, 0.3) is 5.91 Å². The number of likely N-dealkylation sites (tertiary alicyclic amines) is 1. The lowest BCUT2D eigenvalue weighted by atomic mass is 9.78. The van der Waals surface area contributed by atoms with Crippen molar-refractivity contribution in [2.45, 2.75) is 31.4 Å². The molecule has 7 heteroatoms. The largest absolute Gasteiger partial charge is 0.454 e. The summed E-state index contributed by atoms with van der Waals surface area (Å²) in [4.78, 5) is 22.1. The number of rotatable bonds is 2. The van der Waals surface area contributed by atoms with Crippen LogP contribution in [0, 0.1) is 5.92 Å². The molecule has 1 amide bonds. The number of aliphatic hydroxyl groups is 1. The number of amides is 1. The minimum Gasteiger partial charge on any atom is -0.454 e. The zero-order valence-electron chi connectivity index (χ0n) is 17.3. The highest BCUT2D eigenvalue weighted by atomic mass is 16.7. The van der Waals surface area contributed by atoms with Crippen LogP contribution in [-0.4, -0.2) is 58.7 Å². The first-order valence-corrected chi connectivity index (χ1v) is 10.9. The topological polar surface area (TPSA) is 74.6 Å². The van der Waals surface area contributed by atoms with E-state index in [0.29, 0.717) is 43.0 Å². The molecule has 2 saturated heterocycles. The molecule has 31 heavy (non-hydrogen) atoms. The van der Waals surface area contributed by atoms with Crippen molar-refractivity contribution in [3.63, 3.8) is 0 Å². The average molecular weight is 419 g/mol. The number of hydrogen-bond donors (Lipinski definition) is 1. The van der Waals surface area contributed by atoms with E-state index < -0.39 is 5.60 Å². The molecule has 7 nitrogen and oxygen atoms in total. The summed E-state index contributed by atoms with van der Waals surface area (Å²) in [5.41, 5.74) is 2.02. The Balaban J connectivity index is 1.18. The van der Waals surface area contributed by atoms with Gasteiger partial charge in [-0.3, -0.25) is 4.79 Å². The fraction of sp³-hybridized carbons (Fsp3) is 0.417. The molecule has 0 saturated carbocycles. The number of para-hydroxylation sites is 1. The second kappa shape index (κ2) is 6.99. The lowest BCUT2D eigenvalue weighted by Gasteiger charge is -2.42. The standard InChI is InChI=1S/C24H25N3O4/c28-23(16-5-6-20-21(13-16)31-15-30-20)26-11-8-24(29,9-12-26)18-7-10-27-14-17-3-1-2-4-19(17)25-22(18)27/h1-6,13,18,29H,7-12,14-15H2/t18-/m0/s1. The van der Waals surface area contributed by atoms with Gasteiger partial charge < -0.3 is 24.4 Å². The predicted molar refractivity (Wildman–Crippen MR) is 115 cm³/mol. The average Bonchev–Trinajstić information content (AvgIpc) is 3.44. The van der Waals surface area contributed by atoms with E-state index in [1.807, 2.05) is 23.1 Å². The van der Waals surface area contributed by atoms with Crippen LogP contribution >= 0.6 is 0 Å². The van der Waals surface area contributed by atoms with E-state index in [1.165, 1.54) is 5.56 Å². The Morgan fingerprint density at radius 1 is 1.06 bits per heavy atom. The van der Waals surface area contributed by atoms with Gasteiger partial charge in [-0.15, -0.1) is 0 Å². The third-order valence-electron chi connectivity index (χ3n) is 7.10. The molecule has 2 aromatic carbocycles. The van der Waals surface area contributed by atoms with Crippen molar-refractivity contribution < 1.29 is 19.4 Å². The first kappa shape index (κ1) is 18.7. The smallest absolute Gasteiger partial charge is 0.253 e. The summed E-state index contributed by atoms with van der Waals surface area (Å²) < 4.78 is 10.7. The van der Waals surface area contributed by atoms with Crippen molar-refractivity contribution in [1.82, 2.24) is 9.80 Å². The maximum absolute atomic E-state index is 13.0. The fourth-order valence-corrected chi connectivity index (χ4v) is 5.31. The minimum absolute atomic E-state index is 0.0173. The quantitative estimate of drug-likeness (QED) is 0.810. The van der Waals surface area contributed by atoms with E-state index in [0.717, 1.165) is 31.0 Å². The second-order valence-electron chi connectivity index (χ2n) is 8.83. The molecule has 4 heterocycles. The zero-order valence-corrected chi connectivity index (χ0v) is 17.3. The van der Waals surface area contributed by atoms with Gasteiger partial charge in [-0.25, -0.2) is 4.99 Å². The Hall–Kier alpha value is -3.06. The van der Waals surface area contributed by atoms with Crippen LogP contribution in [0.3, 0.4) is 0 Å². The van der Waals surface area contributed by atoms with Gasteiger partial charge in [0.1, 0.15) is 5.84 Å². The van der Waals surface area contributed by atoms with Crippen LogP contribution in [0.5, 0.6) is 11.5 Å². The highest BCUT2D eigenvalue weighted by Crippen LogP contribution is 2.41. The monoisotopic (exact) mass is 419 g/mol. The van der Waals surface area contributed by atoms with Gasteiger partial charge in [0.15, 0.2) is 11.5 Å². The van der Waals surface area contributed by atoms with E-state index in [-0.39, 0.29) is 18.6 Å². The summed E-state index contributed by atoms with van der Waals surface area (Å²) in [7, 11) is 0. The molecule has 0 aromatic heterocycles. The van der Waals surface area contributed by atoms with Crippen LogP contribution in [0.2, 0.25) is 0 Å². The number of fused-ring (bicyclic) bond motifs is 3. The Labute approximate surface area is 180 Å². The first-order chi connectivity index (χ1) is 15.1. The number of ether oxygens (including phenoxy) is 2. The summed E-state index contributed by atoms with van der Waals surface area (Å²) in [6.07, 6.45) is 2.02. The Morgan fingerprint density at radius 2 is 1.87 bits per heavy atom. The molecule has 1 N–H and O–H groups in total. The van der Waals surface area contributed by atoms with Gasteiger partial charge in [0.2, 0.25) is 6.79 Å². The SMILES string of the molecule is O=C(c1ccc2c(c1)OCO2)N1CCC(O)([C@H]2CCN3Cc4ccccc4N=C23)CC1. The van der Waals surface area contributed by atoms with Crippen molar-refractivity contribution >= 4 is 17.4 Å². The van der Waals surface area contributed by atoms with Crippen molar-refractivity contribution in [3.05, 3.63) is 53.6 Å². The predicted octanol–water partition coefficient (Wildman–Crippen LogP) is 2.95. The van der Waals surface area contributed by atoms with Crippen LogP contribution in [0.25, 0.3) is 0 Å². The summed E-state index contributed by atoms with van der Waals surface area (Å²) in [6, 6.07) is 13.5. The molecule has 0 radical (unpaired) electrons. The van der Waals surface area contributed by atoms with Crippen LogP contribution in [0.4, 0.5) is 5.69 Å². The number of amidine groups is 1. The van der Waals surface area contributed by atoms with Gasteiger partial charge in [-0.1, -0.05) is 18.2 Å². The summed E-state index contributed by atoms with van der Waals surface area (Å²) in [5, 5.41) is 11.6. The Morgan fingerprint density at radius 3 is 2.74 bits per heavy atom. The molecule has 0 bridgehead atoms. The lowest BCUT2D eigenvalue weighted by Crippen LogP contribution is -2.52. The van der Waals surface area contributed by atoms with Crippen molar-refractivity contribution in [1.29, 1.82) is 0 Å². The minimum atomic E-state index is -0.828. The van der Waals surface area contributed by atoms with Crippen LogP contribution in [0.15, 0.2) is 47.5 Å². The third-order valence-corrected chi connectivity index (χ3v) is 7.10. The number of nitrogens with zero attached hydrogens (tertiary/aromatic N) is 3. The molecule has 160 valence electrons. The molecule has 1 atom stereocenters. The molecule has 0 unspecified atom stereocenters. The van der Waals surface area contributed by atoms with E-state index >= 15 is 0 Å². The Kier molecular flexibility index (Phi) is 4.21. The highest BCUT2D eigenvalue weighted by Gasteiger charge is 2.48. The third kappa shape index (κ3) is 3.07. The maximum atomic E-state index is 13.0. The van der Waals surface area contributed by atoms with Crippen LogP contribution in [0.1, 0.15) is 35.2 Å². The molecule has 2 aromatic rings. The molecule has 2 fully saturated rings. The number of carbonyl (C=O) groups is 1. The van der Waals surface area contributed by atoms with Crippen molar-refractivity contribution in [3.8, 4) is 11.5 Å². The first-order valence-electron chi connectivity index (χ1n) is 10.9. The zero-order chi connectivity index (χ0) is 21.0. The highest BCUT2D eigenvalue weighted by molar-refractivity contribution is 5.95. The molecule has 6 rings (SSSR count). The van der Waals surface area contributed by atoms with Crippen molar-refractivity contribution in [2.75, 3.05) is 26.4 Å². The number of carbonyl (C=O) groups excluding carboxylic acids is 1. The lowest BCUT2D eigenvalue weighted by molar-refractivity contribution is -0.0413. The molecular formula is C24H25N3O4. The summed E-state index contributed by atoms with van der Waals surface area (Å²) >= 11 is 0. The molecule has 0 aliphatic carbocycles. The van der Waals surface area contributed by atoms with Gasteiger partial charge in [0, 0.05) is 37.7 Å². The fourth-order valence-electron chi connectivity index (χ4n) is 5.31. The molecular weight excluding hydrogens is 394 g/mol. The summed E-state index contributed by atoms with van der Waals surface area (Å²) in [5.74, 6) is 2.28. The molecule has 4 aliphatic rings. The maximum Gasteiger partial charge on any atom is 0.253 e. The van der Waals surface area contributed by atoms with Crippen LogP contribution < -0.4 is 9.47 Å². The molecule has 0 spiro atoms. The number of piperidine rings is 1. The second-order valence-corrected chi connectivity index (χ2v) is 8.83. The van der Waals surface area contributed by atoms with E-state index in [1.54, 1.807) is 18.2 Å². The van der Waals surface area contributed by atoms with Gasteiger partial charge >= 0.3 is 0 Å². The normalized spacial score (nSPS) is 23.3. The van der Waals surface area contributed by atoms with Crippen molar-refractivity contribution in [2.24, 2.45) is 10.9 Å². The van der Waals surface area contributed by atoms with Gasteiger partial charge in [-0.2, -0.15) is 0 Å². The van der Waals surface area contributed by atoms with Gasteiger partial charge in [-0.05, 0) is 49.1 Å². The Bertz CT molecular complexity index is 1070. The van der Waals surface area contributed by atoms with Gasteiger partial charge in [0.05, 0.1) is 11.3 Å². The number of aliphatic imine (C=N–C) groups is 1. The number of hydrogen-bond acceptors (Lipinski definition) is 6. The number of benzene rings is 2. The molecule has 4 aliphatic heterocycles. The summed E-state index contributed by atoms with van der Waals surface area (Å²) in [6.45, 7) is 3.03. The van der Waals surface area contributed by atoms with E-state index in [4.69, 9.17) is 14.5 Å². The van der Waals surface area contributed by atoms with E-state index in [2.05, 4.69) is 11.0 Å². The van der Waals surface area contributed by atoms with E-state index in [9.17, 15) is 9.90 Å².